The molecule has 0 aliphatic rings. The van der Waals surface area contributed by atoms with Crippen molar-refractivity contribution in [2.24, 2.45) is 0 Å². The molecular weight excluding hydrogens is 446 g/mol. The number of carboxylic acid groups (broad SMARTS) is 1. The third kappa shape index (κ3) is 5.66. The lowest BCUT2D eigenvalue weighted by Gasteiger charge is -2.14. The molecule has 9 nitrogen and oxygen atoms in total. The predicted molar refractivity (Wildman–Crippen MR) is 126 cm³/mol. The summed E-state index contributed by atoms with van der Waals surface area (Å²) in [6.07, 6.45) is 3.25. The Hall–Kier alpha value is -3.92. The lowest BCUT2D eigenvalue weighted by molar-refractivity contribution is 0.0696. The molecular formula is C23H23N3O6S. The average Bonchev–Trinajstić information content (AvgIpc) is 2.82. The van der Waals surface area contributed by atoms with Gasteiger partial charge in [0.2, 0.25) is 5.75 Å². The van der Waals surface area contributed by atoms with E-state index in [0.29, 0.717) is 39.9 Å². The maximum Gasteiger partial charge on any atom is 0.335 e. The molecule has 3 rings (SSSR count). The number of hydrogen-bond donors (Lipinski definition) is 3. The van der Waals surface area contributed by atoms with E-state index in [1.54, 1.807) is 30.6 Å². The van der Waals surface area contributed by atoms with E-state index in [1.807, 2.05) is 0 Å². The molecule has 0 fully saturated rings. The molecule has 0 radical (unpaired) electrons. The van der Waals surface area contributed by atoms with Crippen LogP contribution in [0, 0.1) is 0 Å². The Labute approximate surface area is 194 Å². The number of carbonyl (C=O) groups excluding carboxylic acids is 1. The van der Waals surface area contributed by atoms with Crippen molar-refractivity contribution in [2.45, 2.75) is 10.6 Å². The fourth-order valence-corrected chi connectivity index (χ4v) is 3.92. The van der Waals surface area contributed by atoms with E-state index in [1.165, 1.54) is 51.3 Å². The normalized spacial score (nSPS) is 10.4. The number of nitrogens with zero attached hydrogens (tertiary/aromatic N) is 1. The Morgan fingerprint density at radius 1 is 1.03 bits per heavy atom. The van der Waals surface area contributed by atoms with Crippen LogP contribution in [-0.2, 0) is 5.75 Å². The predicted octanol–water partition coefficient (Wildman–Crippen LogP) is 3.93. The summed E-state index contributed by atoms with van der Waals surface area (Å²) in [5, 5.41) is 12.3. The number of pyridine rings is 1. The van der Waals surface area contributed by atoms with Gasteiger partial charge >= 0.3 is 5.97 Å². The van der Waals surface area contributed by atoms with E-state index < -0.39 is 11.9 Å². The Morgan fingerprint density at radius 3 is 2.30 bits per heavy atom. The number of benzene rings is 2. The number of carbonyl (C=O) groups is 2. The van der Waals surface area contributed by atoms with Gasteiger partial charge in [-0.2, -0.15) is 0 Å². The minimum absolute atomic E-state index is 0.0486. The molecule has 10 heteroatoms. The van der Waals surface area contributed by atoms with Crippen molar-refractivity contribution < 1.29 is 28.9 Å². The molecule has 3 aromatic rings. The summed E-state index contributed by atoms with van der Waals surface area (Å²) < 4.78 is 15.9. The molecule has 0 bridgehead atoms. The minimum Gasteiger partial charge on any atom is -0.493 e. The summed E-state index contributed by atoms with van der Waals surface area (Å²) >= 11 is 1.42. The van der Waals surface area contributed by atoms with Crippen LogP contribution >= 0.6 is 11.8 Å². The van der Waals surface area contributed by atoms with Crippen molar-refractivity contribution in [1.82, 2.24) is 4.98 Å². The summed E-state index contributed by atoms with van der Waals surface area (Å²) in [4.78, 5) is 29.4. The van der Waals surface area contributed by atoms with Gasteiger partial charge in [-0.25, -0.2) is 4.79 Å². The smallest absolute Gasteiger partial charge is 0.335 e. The van der Waals surface area contributed by atoms with Crippen molar-refractivity contribution in [1.29, 1.82) is 0 Å². The highest BCUT2D eigenvalue weighted by atomic mass is 32.2. The van der Waals surface area contributed by atoms with E-state index in [2.05, 4.69) is 10.3 Å². The number of ether oxygens (including phenoxy) is 3. The van der Waals surface area contributed by atoms with Crippen molar-refractivity contribution in [3.63, 3.8) is 0 Å². The fourth-order valence-electron chi connectivity index (χ4n) is 3.06. The number of nitrogens with two attached hydrogens (primary N) is 1. The zero-order valence-corrected chi connectivity index (χ0v) is 19.1. The van der Waals surface area contributed by atoms with Gasteiger partial charge in [-0.15, -0.1) is 11.8 Å². The van der Waals surface area contributed by atoms with Crippen molar-refractivity contribution >= 4 is 35.0 Å². The molecule has 0 spiro atoms. The maximum atomic E-state index is 12.9. The summed E-state index contributed by atoms with van der Waals surface area (Å²) in [6.45, 7) is 0. The molecule has 0 unspecified atom stereocenters. The van der Waals surface area contributed by atoms with Crippen LogP contribution in [0.25, 0.3) is 0 Å². The maximum absolute atomic E-state index is 12.9. The van der Waals surface area contributed by atoms with Gasteiger partial charge in [-0.1, -0.05) is 0 Å². The highest BCUT2D eigenvalue weighted by molar-refractivity contribution is 7.98. The number of anilines is 2. The molecule has 4 N–H and O–H groups in total. The number of rotatable bonds is 9. The zero-order valence-electron chi connectivity index (χ0n) is 18.2. The molecule has 1 amide bonds. The van der Waals surface area contributed by atoms with Crippen LogP contribution < -0.4 is 25.3 Å². The molecule has 33 heavy (non-hydrogen) atoms. The number of nitrogen functional groups attached to an aromatic ring is 1. The number of carboxylic acids is 1. The number of thioether (sulfide) groups is 1. The molecule has 0 aliphatic heterocycles. The number of aromatic nitrogens is 1. The number of aromatic carboxylic acids is 1. The van der Waals surface area contributed by atoms with E-state index in [9.17, 15) is 14.7 Å². The van der Waals surface area contributed by atoms with Crippen LogP contribution in [0.4, 0.5) is 11.4 Å². The average molecular weight is 470 g/mol. The molecule has 0 aliphatic carbocycles. The zero-order chi connectivity index (χ0) is 24.0. The Bertz CT molecular complexity index is 1160. The van der Waals surface area contributed by atoms with E-state index in [0.717, 1.165) is 4.90 Å². The summed E-state index contributed by atoms with van der Waals surface area (Å²) in [6, 6.07) is 9.38. The third-order valence-corrected chi connectivity index (χ3v) is 5.77. The van der Waals surface area contributed by atoms with E-state index in [4.69, 9.17) is 19.9 Å². The topological polar surface area (TPSA) is 133 Å². The highest BCUT2D eigenvalue weighted by Gasteiger charge is 2.18. The standard InChI is InChI=1S/C23H23N3O6S/c1-30-18-9-14(10-19(31-2)21(18)32-3)22(27)26-16-7-13(6-15(8-16)23(28)29)12-33-20-11-25-5-4-17(20)24/h4-11H,12H2,1-3H3,(H2,24,25)(H,26,27)(H,28,29). The monoisotopic (exact) mass is 469 g/mol. The van der Waals surface area contributed by atoms with Crippen LogP contribution in [0.5, 0.6) is 17.2 Å². The molecule has 2 aromatic carbocycles. The summed E-state index contributed by atoms with van der Waals surface area (Å²) in [5.41, 5.74) is 7.87. The molecule has 1 aromatic heterocycles. The SMILES string of the molecule is COc1cc(C(=O)Nc2cc(CSc3cnccc3N)cc(C(=O)O)c2)cc(OC)c1OC. The van der Waals surface area contributed by atoms with Gasteiger partial charge in [0.25, 0.3) is 5.91 Å². The van der Waals surface area contributed by atoms with Gasteiger partial charge in [0.15, 0.2) is 11.5 Å². The second kappa shape index (κ2) is 10.6. The highest BCUT2D eigenvalue weighted by Crippen LogP contribution is 2.38. The number of amides is 1. The lowest BCUT2D eigenvalue weighted by Crippen LogP contribution is -2.13. The molecule has 172 valence electrons. The molecule has 0 saturated carbocycles. The van der Waals surface area contributed by atoms with Crippen LogP contribution in [-0.4, -0.2) is 43.3 Å². The fraction of sp³-hybridized carbons (Fsp3) is 0.174. The van der Waals surface area contributed by atoms with Gasteiger partial charge in [0.1, 0.15) is 0 Å². The minimum atomic E-state index is -1.11. The molecule has 0 atom stereocenters. The van der Waals surface area contributed by atoms with Crippen LogP contribution in [0.1, 0.15) is 26.3 Å². The van der Waals surface area contributed by atoms with E-state index in [-0.39, 0.29) is 11.1 Å². The van der Waals surface area contributed by atoms with Gasteiger partial charge in [-0.3, -0.25) is 9.78 Å². The van der Waals surface area contributed by atoms with Gasteiger partial charge in [-0.05, 0) is 42.0 Å². The first-order valence-corrected chi connectivity index (χ1v) is 10.7. The van der Waals surface area contributed by atoms with E-state index >= 15 is 0 Å². The van der Waals surface area contributed by atoms with Crippen molar-refractivity contribution in [3.8, 4) is 17.2 Å². The van der Waals surface area contributed by atoms with Crippen LogP contribution in [0.3, 0.4) is 0 Å². The van der Waals surface area contributed by atoms with Gasteiger partial charge < -0.3 is 30.4 Å². The van der Waals surface area contributed by atoms with Crippen molar-refractivity contribution in [2.75, 3.05) is 32.4 Å². The van der Waals surface area contributed by atoms with Gasteiger partial charge in [0, 0.05) is 40.0 Å². The second-order valence-electron chi connectivity index (χ2n) is 6.79. The first-order chi connectivity index (χ1) is 15.9. The molecule has 0 saturated heterocycles. The second-order valence-corrected chi connectivity index (χ2v) is 7.81. The van der Waals surface area contributed by atoms with Crippen molar-refractivity contribution in [3.05, 3.63) is 65.5 Å². The first kappa shape index (κ1) is 23.7. The van der Waals surface area contributed by atoms with Gasteiger partial charge in [0.05, 0.1) is 26.9 Å². The Balaban J connectivity index is 1.87. The lowest BCUT2D eigenvalue weighted by atomic mass is 10.1. The Kier molecular flexibility index (Phi) is 7.62. The van der Waals surface area contributed by atoms with Crippen LogP contribution in [0.2, 0.25) is 0 Å². The molecule has 1 heterocycles. The number of methoxy groups -OCH3 is 3. The number of hydrogen-bond acceptors (Lipinski definition) is 8. The number of nitrogens with one attached hydrogen (secondary N) is 1. The third-order valence-electron chi connectivity index (χ3n) is 4.64. The first-order valence-electron chi connectivity index (χ1n) is 9.67. The quantitative estimate of drug-likeness (QED) is 0.399. The largest absolute Gasteiger partial charge is 0.493 e. The Morgan fingerprint density at radius 2 is 1.73 bits per heavy atom. The summed E-state index contributed by atoms with van der Waals surface area (Å²) in [5.74, 6) is -0.124. The summed E-state index contributed by atoms with van der Waals surface area (Å²) in [7, 11) is 4.37. The van der Waals surface area contributed by atoms with Crippen LogP contribution in [0.15, 0.2) is 53.7 Å².